The van der Waals surface area contributed by atoms with Crippen molar-refractivity contribution in [1.82, 2.24) is 10.2 Å². The molecule has 2 N–H and O–H groups in total. The van der Waals surface area contributed by atoms with E-state index in [4.69, 9.17) is 0 Å². The molecule has 2 aromatic carbocycles. The summed E-state index contributed by atoms with van der Waals surface area (Å²) < 4.78 is 13.3. The third kappa shape index (κ3) is 3.51. The molecule has 0 saturated carbocycles. The molecular weight excluding hydrogens is 345 g/mol. The number of carbonyl (C=O) groups is 1. The Morgan fingerprint density at radius 3 is 2.52 bits per heavy atom. The molecule has 5 nitrogen and oxygen atoms in total. The number of hydrogen-bond donors (Lipinski definition) is 2. The average molecular weight is 367 g/mol. The monoisotopic (exact) mass is 367 g/mol. The molecule has 6 heteroatoms. The number of carbonyl (C=O) groups excluding carboxylic acids is 1. The molecule has 0 aromatic heterocycles. The maximum Gasteiger partial charge on any atom is 0.319 e. The minimum Gasteiger partial charge on any atom is -0.394 e. The molecule has 3 rings (SSSR count). The van der Waals surface area contributed by atoms with E-state index in [1.54, 1.807) is 12.1 Å². The van der Waals surface area contributed by atoms with Crippen molar-refractivity contribution >= 4 is 6.03 Å². The molecule has 140 valence electrons. The smallest absolute Gasteiger partial charge is 0.319 e. The summed E-state index contributed by atoms with van der Waals surface area (Å²) in [5.74, 6) is -0.640. The highest BCUT2D eigenvalue weighted by molar-refractivity contribution is 5.78. The van der Waals surface area contributed by atoms with E-state index in [0.29, 0.717) is 0 Å². The van der Waals surface area contributed by atoms with Gasteiger partial charge in [-0.25, -0.2) is 9.18 Å². The van der Waals surface area contributed by atoms with Crippen LogP contribution in [0.2, 0.25) is 0 Å². The summed E-state index contributed by atoms with van der Waals surface area (Å²) in [6.07, 6.45) is 0. The van der Waals surface area contributed by atoms with Crippen LogP contribution in [0.15, 0.2) is 48.5 Å². The summed E-state index contributed by atoms with van der Waals surface area (Å²) in [4.78, 5) is 13.9. The van der Waals surface area contributed by atoms with E-state index >= 15 is 0 Å². The van der Waals surface area contributed by atoms with Crippen molar-refractivity contribution < 1.29 is 14.3 Å². The number of nitriles is 1. The number of likely N-dealkylation sites (tertiary alicyclic amines) is 1. The van der Waals surface area contributed by atoms with Crippen LogP contribution in [-0.2, 0) is 0 Å². The summed E-state index contributed by atoms with van der Waals surface area (Å²) >= 11 is 0. The van der Waals surface area contributed by atoms with E-state index in [2.05, 4.69) is 11.4 Å². The van der Waals surface area contributed by atoms with Crippen LogP contribution in [0.3, 0.4) is 0 Å². The average Bonchev–Trinajstić information content (AvgIpc) is 2.62. The largest absolute Gasteiger partial charge is 0.394 e. The lowest BCUT2D eigenvalue weighted by Crippen LogP contribution is -2.67. The lowest BCUT2D eigenvalue weighted by atomic mass is 9.73. The van der Waals surface area contributed by atoms with Gasteiger partial charge < -0.3 is 15.3 Å². The number of amides is 2. The molecule has 1 fully saturated rings. The van der Waals surface area contributed by atoms with Crippen molar-refractivity contribution in [2.45, 2.75) is 37.9 Å². The Labute approximate surface area is 158 Å². The Kier molecular flexibility index (Phi) is 5.43. The molecule has 27 heavy (non-hydrogen) atoms. The van der Waals surface area contributed by atoms with Crippen LogP contribution < -0.4 is 5.32 Å². The molecule has 0 radical (unpaired) electrons. The van der Waals surface area contributed by atoms with Gasteiger partial charge in [-0.2, -0.15) is 5.26 Å². The molecule has 2 aromatic rings. The number of benzene rings is 2. The molecule has 1 heterocycles. The molecule has 1 aliphatic rings. The van der Waals surface area contributed by atoms with Crippen LogP contribution in [0.5, 0.6) is 0 Å². The molecule has 0 spiro atoms. The first-order chi connectivity index (χ1) is 13.0. The van der Waals surface area contributed by atoms with Crippen molar-refractivity contribution in [3.05, 3.63) is 59.9 Å². The first-order valence-corrected chi connectivity index (χ1v) is 8.92. The molecule has 0 bridgehead atoms. The molecule has 2 amide bonds. The second kappa shape index (κ2) is 7.77. The van der Waals surface area contributed by atoms with Crippen LogP contribution in [0.4, 0.5) is 9.18 Å². The van der Waals surface area contributed by atoms with E-state index in [1.165, 1.54) is 17.0 Å². The second-order valence-corrected chi connectivity index (χ2v) is 6.96. The predicted molar refractivity (Wildman–Crippen MR) is 100 cm³/mol. The number of hydrogen-bond acceptors (Lipinski definition) is 3. The summed E-state index contributed by atoms with van der Waals surface area (Å²) in [6.45, 7) is 3.44. The third-order valence-corrected chi connectivity index (χ3v) is 4.85. The van der Waals surface area contributed by atoms with Crippen molar-refractivity contribution in [3.63, 3.8) is 0 Å². The van der Waals surface area contributed by atoms with E-state index in [0.717, 1.165) is 16.7 Å². The summed E-state index contributed by atoms with van der Waals surface area (Å²) in [7, 11) is 0. The van der Waals surface area contributed by atoms with Crippen LogP contribution in [0, 0.1) is 17.1 Å². The quantitative estimate of drug-likeness (QED) is 0.871. The van der Waals surface area contributed by atoms with Gasteiger partial charge in [0.15, 0.2) is 0 Å². The third-order valence-electron chi connectivity index (χ3n) is 4.85. The number of aliphatic hydroxyl groups is 1. The fourth-order valence-corrected chi connectivity index (χ4v) is 3.66. The molecule has 0 unspecified atom stereocenters. The van der Waals surface area contributed by atoms with Gasteiger partial charge in [-0.3, -0.25) is 0 Å². The maximum absolute atomic E-state index is 13.3. The van der Waals surface area contributed by atoms with Gasteiger partial charge in [0, 0.05) is 12.0 Å². The summed E-state index contributed by atoms with van der Waals surface area (Å²) in [5.41, 5.74) is 2.55. The van der Waals surface area contributed by atoms with Crippen LogP contribution >= 0.6 is 0 Å². The summed E-state index contributed by atoms with van der Waals surface area (Å²) in [6, 6.07) is 14.3. The first kappa shape index (κ1) is 18.9. The van der Waals surface area contributed by atoms with Gasteiger partial charge >= 0.3 is 6.03 Å². The van der Waals surface area contributed by atoms with Gasteiger partial charge in [0.25, 0.3) is 0 Å². The standard InChI is InChI=1S/C21H22FN3O2/c1-13(2)24-21(27)25-18(11-23)20(19(25)12-26)17-6-4-3-5-16(17)14-7-9-15(22)10-8-14/h3-10,13,18-20,26H,12H2,1-2H3,(H,24,27)/t18-,19+,20-/m1/s1. The Morgan fingerprint density at radius 1 is 1.26 bits per heavy atom. The van der Waals surface area contributed by atoms with Gasteiger partial charge in [-0.1, -0.05) is 36.4 Å². The van der Waals surface area contributed by atoms with Gasteiger partial charge in [0.2, 0.25) is 0 Å². The Hall–Kier alpha value is -2.91. The van der Waals surface area contributed by atoms with Crippen LogP contribution in [-0.4, -0.2) is 40.8 Å². The molecular formula is C21H22FN3O2. The predicted octanol–water partition coefficient (Wildman–Crippen LogP) is 3.26. The van der Waals surface area contributed by atoms with Crippen molar-refractivity contribution in [2.75, 3.05) is 6.61 Å². The highest BCUT2D eigenvalue weighted by Gasteiger charge is 2.52. The topological polar surface area (TPSA) is 76.4 Å². The minimum absolute atomic E-state index is 0.0678. The van der Waals surface area contributed by atoms with Gasteiger partial charge in [0.1, 0.15) is 11.9 Å². The normalized spacial score (nSPS) is 21.5. The maximum atomic E-state index is 13.3. The van der Waals surface area contributed by atoms with Gasteiger partial charge in [-0.15, -0.1) is 0 Å². The fraction of sp³-hybridized carbons (Fsp3) is 0.333. The highest BCUT2D eigenvalue weighted by Crippen LogP contribution is 2.44. The van der Waals surface area contributed by atoms with Crippen LogP contribution in [0.25, 0.3) is 11.1 Å². The van der Waals surface area contributed by atoms with Gasteiger partial charge in [0.05, 0.1) is 18.7 Å². The van der Waals surface area contributed by atoms with Crippen molar-refractivity contribution in [3.8, 4) is 17.2 Å². The SMILES string of the molecule is CC(C)NC(=O)N1[C@H](C#N)[C@@H](c2ccccc2-c2ccc(F)cc2)[C@@H]1CO. The zero-order chi connectivity index (χ0) is 19.6. The number of nitrogens with zero attached hydrogens (tertiary/aromatic N) is 2. The lowest BCUT2D eigenvalue weighted by Gasteiger charge is -2.52. The molecule has 3 atom stereocenters. The Balaban J connectivity index is 1.98. The second-order valence-electron chi connectivity index (χ2n) is 6.96. The minimum atomic E-state index is -0.678. The number of aliphatic hydroxyl groups excluding tert-OH is 1. The molecule has 1 aliphatic heterocycles. The first-order valence-electron chi connectivity index (χ1n) is 8.92. The van der Waals surface area contributed by atoms with Crippen molar-refractivity contribution in [1.29, 1.82) is 5.26 Å². The highest BCUT2D eigenvalue weighted by atomic mass is 19.1. The van der Waals surface area contributed by atoms with Crippen molar-refractivity contribution in [2.24, 2.45) is 0 Å². The zero-order valence-corrected chi connectivity index (χ0v) is 15.3. The fourth-order valence-electron chi connectivity index (χ4n) is 3.66. The molecule has 0 aliphatic carbocycles. The number of rotatable bonds is 4. The Morgan fingerprint density at radius 2 is 1.93 bits per heavy atom. The molecule has 1 saturated heterocycles. The van der Waals surface area contributed by atoms with E-state index in [9.17, 15) is 19.6 Å². The summed E-state index contributed by atoms with van der Waals surface area (Å²) in [5, 5.41) is 22.4. The van der Waals surface area contributed by atoms with Gasteiger partial charge in [-0.05, 0) is 42.7 Å². The zero-order valence-electron chi connectivity index (χ0n) is 15.3. The number of nitrogens with one attached hydrogen (secondary N) is 1. The number of halogens is 1. The van der Waals surface area contributed by atoms with Crippen LogP contribution in [0.1, 0.15) is 25.3 Å². The number of urea groups is 1. The van der Waals surface area contributed by atoms with E-state index in [-0.39, 0.29) is 30.4 Å². The van der Waals surface area contributed by atoms with E-state index in [1.807, 2.05) is 38.1 Å². The Bertz CT molecular complexity index is 860. The van der Waals surface area contributed by atoms with E-state index < -0.39 is 12.1 Å². The lowest BCUT2D eigenvalue weighted by molar-refractivity contribution is 0.0164.